The normalized spacial score (nSPS) is 15.7. The predicted octanol–water partition coefficient (Wildman–Crippen LogP) is 1.70. The second-order valence-corrected chi connectivity index (χ2v) is 8.51. The number of tetrazole rings is 1. The van der Waals surface area contributed by atoms with Gasteiger partial charge in [0, 0.05) is 39.1 Å². The van der Waals surface area contributed by atoms with Crippen LogP contribution in [0.4, 0.5) is 5.95 Å². The van der Waals surface area contributed by atoms with Gasteiger partial charge in [-0.25, -0.2) is 0 Å². The SMILES string of the molecule is Cc1ccc2c(c1)C(=O)N(CCCC(=O)N1CCN(c3nnnn3-c3ccccc3)CC1)C2=O. The van der Waals surface area contributed by atoms with Gasteiger partial charge in [-0.15, -0.1) is 0 Å². The highest BCUT2D eigenvalue weighted by molar-refractivity contribution is 6.21. The Morgan fingerprint density at radius 2 is 1.68 bits per heavy atom. The lowest BCUT2D eigenvalue weighted by atomic mass is 10.1. The summed E-state index contributed by atoms with van der Waals surface area (Å²) in [4.78, 5) is 43.0. The molecule has 1 aromatic heterocycles. The van der Waals surface area contributed by atoms with Crippen molar-refractivity contribution in [1.82, 2.24) is 30.0 Å². The molecule has 0 unspecified atom stereocenters. The minimum atomic E-state index is -0.280. The third kappa shape index (κ3) is 4.02. The number of carbonyl (C=O) groups excluding carboxylic acids is 3. The van der Waals surface area contributed by atoms with Gasteiger partial charge in [0.15, 0.2) is 0 Å². The summed E-state index contributed by atoms with van der Waals surface area (Å²) in [6, 6.07) is 14.9. The predicted molar refractivity (Wildman–Crippen MR) is 124 cm³/mol. The van der Waals surface area contributed by atoms with Crippen LogP contribution in [-0.4, -0.2) is 80.5 Å². The van der Waals surface area contributed by atoms with E-state index in [9.17, 15) is 14.4 Å². The van der Waals surface area contributed by atoms with E-state index >= 15 is 0 Å². The average molecular weight is 460 g/mol. The maximum atomic E-state index is 12.8. The van der Waals surface area contributed by atoms with Gasteiger partial charge in [-0.2, -0.15) is 4.68 Å². The topological polar surface area (TPSA) is 105 Å². The molecule has 174 valence electrons. The molecule has 0 bridgehead atoms. The van der Waals surface area contributed by atoms with Crippen molar-refractivity contribution in [3.05, 3.63) is 65.2 Å². The summed E-state index contributed by atoms with van der Waals surface area (Å²) in [5.74, 6) is 0.118. The second kappa shape index (κ2) is 9.05. The second-order valence-electron chi connectivity index (χ2n) is 8.51. The first-order valence-corrected chi connectivity index (χ1v) is 11.4. The van der Waals surface area contributed by atoms with E-state index in [4.69, 9.17) is 0 Å². The summed E-state index contributed by atoms with van der Waals surface area (Å²) in [6.07, 6.45) is 0.726. The van der Waals surface area contributed by atoms with Crippen molar-refractivity contribution in [1.29, 1.82) is 0 Å². The Labute approximate surface area is 196 Å². The highest BCUT2D eigenvalue weighted by Gasteiger charge is 2.35. The minimum Gasteiger partial charge on any atom is -0.339 e. The van der Waals surface area contributed by atoms with Gasteiger partial charge in [-0.05, 0) is 48.0 Å². The summed E-state index contributed by atoms with van der Waals surface area (Å²) >= 11 is 0. The standard InChI is InChI=1S/C24H25N7O3/c1-17-9-10-19-20(16-17)23(34)30(22(19)33)11-5-8-21(32)28-12-14-29(15-13-28)24-25-26-27-31(24)18-6-3-2-4-7-18/h2-4,6-7,9-10,16H,5,8,11-15H2,1H3. The molecule has 2 aromatic carbocycles. The quantitative estimate of drug-likeness (QED) is 0.517. The van der Waals surface area contributed by atoms with Crippen LogP contribution in [-0.2, 0) is 4.79 Å². The Balaban J connectivity index is 1.13. The van der Waals surface area contributed by atoms with Gasteiger partial charge < -0.3 is 9.80 Å². The number of nitrogens with zero attached hydrogens (tertiary/aromatic N) is 7. The van der Waals surface area contributed by atoms with Crippen LogP contribution in [0.5, 0.6) is 0 Å². The van der Waals surface area contributed by atoms with Crippen molar-refractivity contribution in [2.45, 2.75) is 19.8 Å². The number of anilines is 1. The molecule has 0 aliphatic carbocycles. The zero-order chi connectivity index (χ0) is 23.7. The number of benzene rings is 2. The van der Waals surface area contributed by atoms with Crippen molar-refractivity contribution >= 4 is 23.7 Å². The number of aryl methyl sites for hydroxylation is 1. The zero-order valence-corrected chi connectivity index (χ0v) is 18.9. The van der Waals surface area contributed by atoms with Crippen LogP contribution in [0.3, 0.4) is 0 Å². The van der Waals surface area contributed by atoms with E-state index in [0.29, 0.717) is 49.7 Å². The van der Waals surface area contributed by atoms with Gasteiger partial charge in [0.1, 0.15) is 0 Å². The molecule has 10 nitrogen and oxygen atoms in total. The van der Waals surface area contributed by atoms with Crippen molar-refractivity contribution in [3.63, 3.8) is 0 Å². The number of amides is 3. The van der Waals surface area contributed by atoms with Crippen LogP contribution < -0.4 is 4.90 Å². The number of aromatic nitrogens is 4. The summed E-state index contributed by atoms with van der Waals surface area (Å²) in [7, 11) is 0. The van der Waals surface area contributed by atoms with Gasteiger partial charge in [0.2, 0.25) is 11.9 Å². The minimum absolute atomic E-state index is 0.0229. The van der Waals surface area contributed by atoms with Crippen molar-refractivity contribution in [2.75, 3.05) is 37.6 Å². The molecular weight excluding hydrogens is 434 g/mol. The summed E-state index contributed by atoms with van der Waals surface area (Å²) in [5, 5.41) is 12.1. The van der Waals surface area contributed by atoms with Crippen molar-refractivity contribution < 1.29 is 14.4 Å². The van der Waals surface area contributed by atoms with E-state index in [1.165, 1.54) is 4.90 Å². The third-order valence-corrected chi connectivity index (χ3v) is 6.27. The first kappa shape index (κ1) is 21.7. The van der Waals surface area contributed by atoms with E-state index in [-0.39, 0.29) is 30.7 Å². The molecule has 0 radical (unpaired) electrons. The number of imide groups is 1. The van der Waals surface area contributed by atoms with Gasteiger partial charge in [-0.3, -0.25) is 19.3 Å². The molecule has 0 spiro atoms. The average Bonchev–Trinajstić information content (AvgIpc) is 3.44. The maximum Gasteiger partial charge on any atom is 0.261 e. The van der Waals surface area contributed by atoms with Gasteiger partial charge >= 0.3 is 0 Å². The molecule has 3 aromatic rings. The number of piperazine rings is 1. The maximum absolute atomic E-state index is 12.8. The lowest BCUT2D eigenvalue weighted by molar-refractivity contribution is -0.131. The number of carbonyl (C=O) groups is 3. The molecule has 1 fully saturated rings. The zero-order valence-electron chi connectivity index (χ0n) is 18.9. The van der Waals surface area contributed by atoms with Crippen LogP contribution in [0.15, 0.2) is 48.5 Å². The fourth-order valence-electron chi connectivity index (χ4n) is 4.43. The molecule has 0 N–H and O–H groups in total. The van der Waals surface area contributed by atoms with E-state index in [1.807, 2.05) is 48.2 Å². The molecule has 2 aliphatic heterocycles. The Morgan fingerprint density at radius 1 is 0.941 bits per heavy atom. The number of rotatable bonds is 6. The van der Waals surface area contributed by atoms with Crippen LogP contribution >= 0.6 is 0 Å². The number of para-hydroxylation sites is 1. The lowest BCUT2D eigenvalue weighted by Crippen LogP contribution is -2.49. The van der Waals surface area contributed by atoms with Crippen molar-refractivity contribution in [2.24, 2.45) is 0 Å². The molecule has 5 rings (SSSR count). The van der Waals surface area contributed by atoms with Crippen molar-refractivity contribution in [3.8, 4) is 5.69 Å². The van der Waals surface area contributed by atoms with Gasteiger partial charge in [0.05, 0.1) is 16.8 Å². The van der Waals surface area contributed by atoms with E-state index in [1.54, 1.807) is 16.8 Å². The number of hydrogen-bond acceptors (Lipinski definition) is 7. The Kier molecular flexibility index (Phi) is 5.79. The first-order valence-electron chi connectivity index (χ1n) is 11.4. The Hall–Kier alpha value is -4.08. The summed E-state index contributed by atoms with van der Waals surface area (Å²) < 4.78 is 1.70. The fraction of sp³-hybridized carbons (Fsp3) is 0.333. The molecule has 3 amide bonds. The van der Waals surface area contributed by atoms with E-state index < -0.39 is 0 Å². The lowest BCUT2D eigenvalue weighted by Gasteiger charge is -2.35. The highest BCUT2D eigenvalue weighted by atomic mass is 16.2. The van der Waals surface area contributed by atoms with Crippen LogP contribution in [0.25, 0.3) is 5.69 Å². The fourth-order valence-corrected chi connectivity index (χ4v) is 4.43. The van der Waals surface area contributed by atoms with Gasteiger partial charge in [-0.1, -0.05) is 34.9 Å². The van der Waals surface area contributed by atoms with Gasteiger partial charge in [0.25, 0.3) is 11.8 Å². The highest BCUT2D eigenvalue weighted by Crippen LogP contribution is 2.24. The molecular formula is C24H25N7O3. The van der Waals surface area contributed by atoms with E-state index in [2.05, 4.69) is 20.4 Å². The number of hydrogen-bond donors (Lipinski definition) is 0. The smallest absolute Gasteiger partial charge is 0.261 e. The summed E-state index contributed by atoms with van der Waals surface area (Å²) in [5.41, 5.74) is 2.71. The molecule has 34 heavy (non-hydrogen) atoms. The van der Waals surface area contributed by atoms with E-state index in [0.717, 1.165) is 11.3 Å². The molecule has 3 heterocycles. The molecule has 0 saturated carbocycles. The third-order valence-electron chi connectivity index (χ3n) is 6.27. The summed E-state index contributed by atoms with van der Waals surface area (Å²) in [6.45, 7) is 4.50. The molecule has 1 saturated heterocycles. The Morgan fingerprint density at radius 3 is 2.44 bits per heavy atom. The largest absolute Gasteiger partial charge is 0.339 e. The Bertz CT molecular complexity index is 1230. The van der Waals surface area contributed by atoms with Crippen LogP contribution in [0, 0.1) is 6.92 Å². The number of fused-ring (bicyclic) bond motifs is 1. The van der Waals surface area contributed by atoms with Crippen LogP contribution in [0.1, 0.15) is 39.1 Å². The monoisotopic (exact) mass is 459 g/mol. The molecule has 0 atom stereocenters. The van der Waals surface area contributed by atoms with Crippen LogP contribution in [0.2, 0.25) is 0 Å². The molecule has 10 heteroatoms. The molecule has 2 aliphatic rings. The first-order chi connectivity index (χ1) is 16.5.